The number of hydrogen-bond donors (Lipinski definition) is 0. The van der Waals surface area contributed by atoms with Crippen LogP contribution in [0.15, 0.2) is 35.1 Å². The molecule has 2 rings (SSSR count). The van der Waals surface area contributed by atoms with Gasteiger partial charge in [-0.2, -0.15) is 0 Å². The van der Waals surface area contributed by atoms with Gasteiger partial charge in [-0.05, 0) is 23.8 Å². The van der Waals surface area contributed by atoms with E-state index in [0.717, 1.165) is 5.56 Å². The second-order valence-electron chi connectivity index (χ2n) is 2.43. The maximum atomic E-state index is 12.4. The molecule has 0 saturated heterocycles. The molecule has 2 aromatic carbocycles. The van der Waals surface area contributed by atoms with Gasteiger partial charge in [0.2, 0.25) is 0 Å². The molecule has 0 radical (unpaired) electrons. The first-order valence-electron chi connectivity index (χ1n) is 3.29. The third kappa shape index (κ3) is 1.07. The van der Waals surface area contributed by atoms with E-state index in [4.69, 9.17) is 0 Å². The van der Waals surface area contributed by atoms with Crippen LogP contribution < -0.4 is 5.43 Å². The molecule has 1 nitrogen and oxygen atoms in total. The second kappa shape index (κ2) is 2.02. The molecule has 0 atom stereocenters. The van der Waals surface area contributed by atoms with Crippen LogP contribution in [0.25, 0.3) is 11.1 Å². The summed E-state index contributed by atoms with van der Waals surface area (Å²) >= 11 is 0. The van der Waals surface area contributed by atoms with Gasteiger partial charge in [-0.25, -0.2) is 4.39 Å². The zero-order valence-corrected chi connectivity index (χ0v) is 5.67. The number of rotatable bonds is 1. The fourth-order valence-electron chi connectivity index (χ4n) is 0.950. The van der Waals surface area contributed by atoms with Gasteiger partial charge in [0.05, 0.1) is 0 Å². The molecule has 0 aliphatic heterocycles. The molecule has 11 heavy (non-hydrogen) atoms. The maximum absolute atomic E-state index is 12.4. The predicted molar refractivity (Wildman–Crippen MR) is 40.5 cm³/mol. The van der Waals surface area contributed by atoms with Crippen LogP contribution in [0.2, 0.25) is 0 Å². The van der Waals surface area contributed by atoms with E-state index in [1.165, 1.54) is 18.2 Å². The summed E-state index contributed by atoms with van der Waals surface area (Å²) in [6.45, 7) is 0. The third-order valence-electron chi connectivity index (χ3n) is 1.61. The molecule has 0 amide bonds. The largest absolute Gasteiger partial charge is 0.289 e. The summed E-state index contributed by atoms with van der Waals surface area (Å²) in [5.74, 6) is -0.276. The Morgan fingerprint density at radius 1 is 1.09 bits per heavy atom. The maximum Gasteiger partial charge on any atom is 0.187 e. The minimum absolute atomic E-state index is 0.0524. The van der Waals surface area contributed by atoms with Gasteiger partial charge in [-0.1, -0.05) is 12.1 Å². The lowest BCUT2D eigenvalue weighted by atomic mass is 10.2. The number of halogens is 1. The van der Waals surface area contributed by atoms with Crippen molar-refractivity contribution in [3.05, 3.63) is 46.4 Å². The fourth-order valence-corrected chi connectivity index (χ4v) is 0.950. The van der Waals surface area contributed by atoms with Gasteiger partial charge in [-0.15, -0.1) is 0 Å². The minimum Gasteiger partial charge on any atom is -0.289 e. The van der Waals surface area contributed by atoms with Crippen LogP contribution in [0.3, 0.4) is 0 Å². The van der Waals surface area contributed by atoms with Gasteiger partial charge in [0, 0.05) is 5.56 Å². The zero-order valence-electron chi connectivity index (χ0n) is 5.67. The molecule has 0 heterocycles. The molecule has 0 N–H and O–H groups in total. The van der Waals surface area contributed by atoms with E-state index < -0.39 is 0 Å². The second-order valence-corrected chi connectivity index (χ2v) is 2.43. The smallest absolute Gasteiger partial charge is 0.187 e. The van der Waals surface area contributed by atoms with E-state index in [0.29, 0.717) is 5.56 Å². The SMILES string of the molecule is O=c1cc1-c1ccc(F)cc1. The van der Waals surface area contributed by atoms with Gasteiger partial charge in [0.25, 0.3) is 0 Å². The van der Waals surface area contributed by atoms with E-state index in [1.54, 1.807) is 12.1 Å². The molecule has 0 unspecified atom stereocenters. The molecule has 2 heteroatoms. The van der Waals surface area contributed by atoms with Gasteiger partial charge in [0.15, 0.2) is 5.43 Å². The summed E-state index contributed by atoms with van der Waals surface area (Å²) in [7, 11) is 0. The minimum atomic E-state index is -0.276. The van der Waals surface area contributed by atoms with Gasteiger partial charge >= 0.3 is 0 Å². The monoisotopic (exact) mass is 148 g/mol. The van der Waals surface area contributed by atoms with E-state index in [1.807, 2.05) is 0 Å². The lowest BCUT2D eigenvalue weighted by Crippen LogP contribution is -1.77. The van der Waals surface area contributed by atoms with Crippen molar-refractivity contribution in [2.75, 3.05) is 0 Å². The van der Waals surface area contributed by atoms with E-state index in [9.17, 15) is 9.18 Å². The van der Waals surface area contributed by atoms with Crippen molar-refractivity contribution >= 4 is 0 Å². The Balaban J connectivity index is 2.43. The van der Waals surface area contributed by atoms with Crippen molar-refractivity contribution in [1.82, 2.24) is 0 Å². The Labute approximate surface area is 62.8 Å². The zero-order chi connectivity index (χ0) is 7.84. The lowest BCUT2D eigenvalue weighted by molar-refractivity contribution is 0.628. The molecule has 2 aromatic rings. The lowest BCUT2D eigenvalue weighted by Gasteiger charge is -1.89. The Morgan fingerprint density at radius 2 is 1.64 bits per heavy atom. The summed E-state index contributed by atoms with van der Waals surface area (Å²) in [6.07, 6.45) is 0. The Kier molecular flexibility index (Phi) is 1.15. The first-order chi connectivity index (χ1) is 5.27. The highest BCUT2D eigenvalue weighted by molar-refractivity contribution is 5.69. The Bertz CT molecular complexity index is 379. The Morgan fingerprint density at radius 3 is 2.09 bits per heavy atom. The molecule has 54 valence electrons. The Hall–Kier alpha value is -1.44. The van der Waals surface area contributed by atoms with Crippen LogP contribution in [0.1, 0.15) is 0 Å². The molecular weight excluding hydrogens is 143 g/mol. The molecule has 0 aromatic heterocycles. The summed E-state index contributed by atoms with van der Waals surface area (Å²) in [5, 5.41) is 0. The van der Waals surface area contributed by atoms with Crippen molar-refractivity contribution in [2.24, 2.45) is 0 Å². The summed E-state index contributed by atoms with van der Waals surface area (Å²) in [6, 6.07) is 7.44. The fraction of sp³-hybridized carbons (Fsp3) is 0. The normalized spacial score (nSPS) is 10.6. The first-order valence-corrected chi connectivity index (χ1v) is 3.29. The van der Waals surface area contributed by atoms with Gasteiger partial charge < -0.3 is 0 Å². The highest BCUT2D eigenvalue weighted by atomic mass is 19.1. The van der Waals surface area contributed by atoms with Crippen LogP contribution >= 0.6 is 0 Å². The van der Waals surface area contributed by atoms with Crippen molar-refractivity contribution < 1.29 is 4.39 Å². The van der Waals surface area contributed by atoms with Crippen molar-refractivity contribution in [3.63, 3.8) is 0 Å². The summed E-state index contributed by atoms with van der Waals surface area (Å²) in [5.41, 5.74) is 1.55. The number of hydrogen-bond acceptors (Lipinski definition) is 1. The molecule has 0 spiro atoms. The quantitative estimate of drug-likeness (QED) is 0.601. The number of benzene rings is 1. The third-order valence-corrected chi connectivity index (χ3v) is 1.61. The van der Waals surface area contributed by atoms with Crippen molar-refractivity contribution in [2.45, 2.75) is 0 Å². The van der Waals surface area contributed by atoms with Crippen LogP contribution in [0.5, 0.6) is 0 Å². The highest BCUT2D eigenvalue weighted by Crippen LogP contribution is 2.18. The van der Waals surface area contributed by atoms with Crippen LogP contribution in [0, 0.1) is 5.82 Å². The first kappa shape index (κ1) is 6.28. The van der Waals surface area contributed by atoms with Crippen LogP contribution in [0.4, 0.5) is 4.39 Å². The highest BCUT2D eigenvalue weighted by Gasteiger charge is 2.09. The van der Waals surface area contributed by atoms with E-state index in [-0.39, 0.29) is 11.2 Å². The van der Waals surface area contributed by atoms with E-state index in [2.05, 4.69) is 0 Å². The summed E-state index contributed by atoms with van der Waals surface area (Å²) in [4.78, 5) is 10.6. The standard InChI is InChI=1S/C9H5FO/c10-7-3-1-6(2-4-7)8-5-9(8)11/h1-5H. The average molecular weight is 148 g/mol. The van der Waals surface area contributed by atoms with E-state index >= 15 is 0 Å². The van der Waals surface area contributed by atoms with Gasteiger partial charge in [-0.3, -0.25) is 4.79 Å². The van der Waals surface area contributed by atoms with Gasteiger partial charge in [0.1, 0.15) is 5.82 Å². The topological polar surface area (TPSA) is 17.1 Å². The molecular formula is C9H5FO. The van der Waals surface area contributed by atoms with Crippen molar-refractivity contribution in [3.8, 4) is 11.1 Å². The summed E-state index contributed by atoms with van der Waals surface area (Å²) < 4.78 is 12.4. The van der Waals surface area contributed by atoms with Crippen molar-refractivity contribution in [1.29, 1.82) is 0 Å². The molecule has 0 fully saturated rings. The predicted octanol–water partition coefficient (Wildman–Crippen LogP) is 1.73. The molecule has 0 bridgehead atoms. The molecule has 0 aliphatic carbocycles. The van der Waals surface area contributed by atoms with Crippen LogP contribution in [-0.4, -0.2) is 0 Å². The molecule has 0 aliphatic rings. The molecule has 0 saturated carbocycles. The average Bonchev–Trinajstić information content (AvgIpc) is 2.69. The van der Waals surface area contributed by atoms with Crippen LogP contribution in [-0.2, 0) is 0 Å².